The molecule has 3 rings (SSSR count). The number of nitrogens with one attached hydrogen (secondary N) is 1. The fraction of sp³-hybridized carbons (Fsp3) is 0.500. The number of aliphatic carboxylic acids is 1. The van der Waals surface area contributed by atoms with Crippen LogP contribution in [0.2, 0.25) is 0 Å². The standard InChI is InChI=1S/C10H9NOS.C8H12N2O4.C4H10.C2H6O.C2H6.C2H2/c1-12-10-6-2-4-8(11-10)9-5-3-7-13-9;11-5-9-4-7(12)10-3-1-2-6(10)8(13)14;1-4(2)3;1-3-2;2*1-2/h2-7H,1H3;5-6H,1-4H2,(H,9,11)(H,13,14);4H,1-3H3;1-2H3;1-2H3;1-2H/t;6-;;;;/m.0..../s1. The fourth-order valence-corrected chi connectivity index (χ4v) is 3.34. The Hall–Kier alpha value is -3.42. The van der Waals surface area contributed by atoms with Gasteiger partial charge in [0.25, 0.3) is 0 Å². The molecule has 0 bridgehead atoms. The van der Waals surface area contributed by atoms with E-state index in [-0.39, 0.29) is 12.5 Å². The minimum Gasteiger partial charge on any atom is -0.481 e. The predicted molar refractivity (Wildman–Crippen MR) is 155 cm³/mol. The number of methoxy groups -OCH3 is 2. The van der Waals surface area contributed by atoms with Gasteiger partial charge in [-0.05, 0) is 36.3 Å². The largest absolute Gasteiger partial charge is 0.481 e. The first kappa shape index (κ1) is 39.1. The van der Waals surface area contributed by atoms with Crippen LogP contribution in [0.15, 0.2) is 35.7 Å². The van der Waals surface area contributed by atoms with Gasteiger partial charge in [0.1, 0.15) is 6.04 Å². The Morgan fingerprint density at radius 2 is 1.76 bits per heavy atom. The van der Waals surface area contributed by atoms with Crippen molar-refractivity contribution in [1.29, 1.82) is 0 Å². The lowest BCUT2D eigenvalue weighted by Crippen LogP contribution is -2.44. The Morgan fingerprint density at radius 3 is 2.21 bits per heavy atom. The van der Waals surface area contributed by atoms with Crippen molar-refractivity contribution < 1.29 is 29.0 Å². The van der Waals surface area contributed by atoms with Crippen LogP contribution in [0, 0.1) is 18.8 Å². The molecule has 214 valence electrons. The molecule has 0 unspecified atom stereocenters. The molecule has 3 heterocycles. The van der Waals surface area contributed by atoms with Gasteiger partial charge in [0.2, 0.25) is 18.2 Å². The van der Waals surface area contributed by atoms with Gasteiger partial charge < -0.3 is 24.8 Å². The van der Waals surface area contributed by atoms with Crippen LogP contribution in [0.5, 0.6) is 5.88 Å². The smallest absolute Gasteiger partial charge is 0.326 e. The van der Waals surface area contributed by atoms with E-state index in [1.165, 1.54) is 9.78 Å². The summed E-state index contributed by atoms with van der Waals surface area (Å²) in [7, 11) is 4.88. The van der Waals surface area contributed by atoms with Crippen molar-refractivity contribution in [2.75, 3.05) is 34.4 Å². The number of hydrogen-bond donors (Lipinski definition) is 2. The summed E-state index contributed by atoms with van der Waals surface area (Å²) in [6.45, 7) is 10.8. The average molecular weight is 552 g/mol. The van der Waals surface area contributed by atoms with Crippen molar-refractivity contribution >= 4 is 29.6 Å². The zero-order valence-corrected chi connectivity index (χ0v) is 24.8. The summed E-state index contributed by atoms with van der Waals surface area (Å²) in [5.74, 6) is 0.162. The Morgan fingerprint density at radius 1 is 1.18 bits per heavy atom. The van der Waals surface area contributed by atoms with Crippen LogP contribution in [0.1, 0.15) is 47.5 Å². The zero-order chi connectivity index (χ0) is 29.9. The van der Waals surface area contributed by atoms with Gasteiger partial charge in [-0.25, -0.2) is 9.78 Å². The van der Waals surface area contributed by atoms with Crippen molar-refractivity contribution in [3.8, 4) is 29.3 Å². The van der Waals surface area contributed by atoms with Crippen LogP contribution in [-0.4, -0.2) is 73.7 Å². The monoisotopic (exact) mass is 551 g/mol. The highest BCUT2D eigenvalue weighted by molar-refractivity contribution is 7.13. The van der Waals surface area contributed by atoms with E-state index in [4.69, 9.17) is 9.84 Å². The van der Waals surface area contributed by atoms with E-state index in [1.807, 2.05) is 49.6 Å². The highest BCUT2D eigenvalue weighted by atomic mass is 32.1. The lowest BCUT2D eigenvalue weighted by atomic mass is 10.2. The minimum absolute atomic E-state index is 0.132. The summed E-state index contributed by atoms with van der Waals surface area (Å²) >= 11 is 1.68. The number of pyridine rings is 1. The van der Waals surface area contributed by atoms with E-state index in [2.05, 4.69) is 48.7 Å². The molecule has 0 aliphatic carbocycles. The zero-order valence-electron chi connectivity index (χ0n) is 24.0. The molecule has 2 aromatic heterocycles. The third-order valence-electron chi connectivity index (χ3n) is 3.90. The van der Waals surface area contributed by atoms with Crippen molar-refractivity contribution in [2.24, 2.45) is 5.92 Å². The van der Waals surface area contributed by atoms with Crippen molar-refractivity contribution in [2.45, 2.75) is 53.5 Å². The number of aromatic nitrogens is 1. The van der Waals surface area contributed by atoms with E-state index in [1.54, 1.807) is 32.7 Å². The number of amides is 2. The van der Waals surface area contributed by atoms with E-state index in [0.717, 1.165) is 11.6 Å². The number of hydrogen-bond acceptors (Lipinski definition) is 7. The van der Waals surface area contributed by atoms with Crippen LogP contribution in [-0.2, 0) is 19.1 Å². The molecule has 1 aliphatic rings. The van der Waals surface area contributed by atoms with Crippen LogP contribution in [0.4, 0.5) is 0 Å². The molecule has 2 N–H and O–H groups in total. The lowest BCUT2D eigenvalue weighted by Gasteiger charge is -2.20. The molecule has 38 heavy (non-hydrogen) atoms. The van der Waals surface area contributed by atoms with E-state index >= 15 is 0 Å². The second-order valence-electron chi connectivity index (χ2n) is 7.76. The third-order valence-corrected chi connectivity index (χ3v) is 4.79. The maximum Gasteiger partial charge on any atom is 0.326 e. The fourth-order valence-electron chi connectivity index (χ4n) is 2.64. The summed E-state index contributed by atoms with van der Waals surface area (Å²) in [4.78, 5) is 38.8. The number of carbonyl (C=O) groups excluding carboxylic acids is 2. The number of terminal acetylenes is 1. The first-order valence-electron chi connectivity index (χ1n) is 12.2. The summed E-state index contributed by atoms with van der Waals surface area (Å²) in [6, 6.07) is 9.11. The van der Waals surface area contributed by atoms with Gasteiger partial charge in [-0.3, -0.25) is 9.59 Å². The minimum atomic E-state index is -0.984. The third kappa shape index (κ3) is 18.8. The molecular formula is C28H45N3O6S. The molecule has 1 aliphatic heterocycles. The number of nitrogens with zero attached hydrogens (tertiary/aromatic N) is 2. The quantitative estimate of drug-likeness (QED) is 0.390. The molecule has 2 aromatic rings. The number of carbonyl (C=O) groups is 3. The molecule has 1 atom stereocenters. The number of carboxylic acid groups (broad SMARTS) is 1. The summed E-state index contributed by atoms with van der Waals surface area (Å²) in [5, 5.41) is 13.0. The topological polar surface area (TPSA) is 118 Å². The van der Waals surface area contributed by atoms with E-state index in [0.29, 0.717) is 31.7 Å². The second-order valence-corrected chi connectivity index (χ2v) is 8.71. The Balaban J connectivity index is -0.000000470. The van der Waals surface area contributed by atoms with Crippen LogP contribution >= 0.6 is 11.3 Å². The van der Waals surface area contributed by atoms with Crippen LogP contribution in [0.3, 0.4) is 0 Å². The van der Waals surface area contributed by atoms with Gasteiger partial charge in [-0.15, -0.1) is 24.2 Å². The SMILES string of the molecule is C#C.CC.CC(C)C.COC.COc1cccc(-c2cccs2)n1.O=CNCC(=O)N1CCC[C@H]1C(=O)O. The second kappa shape index (κ2) is 26.6. The van der Waals surface area contributed by atoms with E-state index in [9.17, 15) is 14.4 Å². The molecule has 0 saturated carbocycles. The van der Waals surface area contributed by atoms with Gasteiger partial charge in [-0.1, -0.05) is 46.8 Å². The summed E-state index contributed by atoms with van der Waals surface area (Å²) in [6.07, 6.45) is 9.61. The van der Waals surface area contributed by atoms with Gasteiger partial charge in [0.05, 0.1) is 24.2 Å². The van der Waals surface area contributed by atoms with Crippen LogP contribution in [0.25, 0.3) is 10.6 Å². The molecule has 10 heteroatoms. The number of carboxylic acids is 1. The maximum absolute atomic E-state index is 11.4. The lowest BCUT2D eigenvalue weighted by molar-refractivity contribution is -0.147. The number of thiophene rings is 1. The molecule has 9 nitrogen and oxygen atoms in total. The maximum atomic E-state index is 11.4. The van der Waals surface area contributed by atoms with Gasteiger partial charge in [-0.2, -0.15) is 0 Å². The molecule has 0 aromatic carbocycles. The van der Waals surface area contributed by atoms with E-state index < -0.39 is 12.0 Å². The van der Waals surface area contributed by atoms with Crippen molar-refractivity contribution in [3.05, 3.63) is 35.7 Å². The van der Waals surface area contributed by atoms with Gasteiger partial charge in [0.15, 0.2) is 0 Å². The number of ether oxygens (including phenoxy) is 2. The van der Waals surface area contributed by atoms with Crippen molar-refractivity contribution in [1.82, 2.24) is 15.2 Å². The summed E-state index contributed by atoms with van der Waals surface area (Å²) < 4.78 is 9.30. The average Bonchev–Trinajstić information content (AvgIpc) is 3.63. The molecule has 1 fully saturated rings. The Labute approximate surface area is 232 Å². The molecule has 2 amide bonds. The number of likely N-dealkylation sites (tertiary alicyclic amines) is 1. The van der Waals surface area contributed by atoms with Crippen molar-refractivity contribution in [3.63, 3.8) is 0 Å². The first-order valence-corrected chi connectivity index (χ1v) is 13.1. The molecule has 0 radical (unpaired) electrons. The number of rotatable bonds is 6. The normalized spacial score (nSPS) is 12.6. The highest BCUT2D eigenvalue weighted by Gasteiger charge is 2.33. The highest BCUT2D eigenvalue weighted by Crippen LogP contribution is 2.24. The van der Waals surface area contributed by atoms with Gasteiger partial charge in [0, 0.05) is 26.8 Å². The Kier molecular flexibility index (Phi) is 27.4. The Bertz CT molecular complexity index is 870. The molecule has 1 saturated heterocycles. The molecule has 0 spiro atoms. The van der Waals surface area contributed by atoms with Gasteiger partial charge >= 0.3 is 5.97 Å². The predicted octanol–water partition coefficient (Wildman–Crippen LogP) is 4.83. The summed E-state index contributed by atoms with van der Waals surface area (Å²) in [5.41, 5.74) is 0.967. The molecular weight excluding hydrogens is 506 g/mol. The first-order chi connectivity index (χ1) is 18.2. The van der Waals surface area contributed by atoms with Crippen LogP contribution < -0.4 is 10.1 Å².